The summed E-state index contributed by atoms with van der Waals surface area (Å²) in [5.41, 5.74) is 7.03. The van der Waals surface area contributed by atoms with Crippen LogP contribution in [0.4, 0.5) is 5.69 Å². The zero-order valence-electron chi connectivity index (χ0n) is 21.3. The lowest BCUT2D eigenvalue weighted by Crippen LogP contribution is -2.13. The first-order chi connectivity index (χ1) is 17.8. The third-order valence-corrected chi connectivity index (χ3v) is 6.58. The van der Waals surface area contributed by atoms with Gasteiger partial charge in [-0.05, 0) is 61.7 Å². The highest BCUT2D eigenvalue weighted by Gasteiger charge is 2.18. The van der Waals surface area contributed by atoms with Gasteiger partial charge in [-0.2, -0.15) is 5.10 Å². The van der Waals surface area contributed by atoms with E-state index < -0.39 is 0 Å². The van der Waals surface area contributed by atoms with E-state index in [-0.39, 0.29) is 11.7 Å². The van der Waals surface area contributed by atoms with Crippen molar-refractivity contribution in [1.82, 2.24) is 14.8 Å². The third kappa shape index (κ3) is 4.78. The lowest BCUT2D eigenvalue weighted by Gasteiger charge is -2.12. The highest BCUT2D eigenvalue weighted by Crippen LogP contribution is 2.29. The lowest BCUT2D eigenvalue weighted by molar-refractivity contribution is 0.101. The number of fused-ring (bicyclic) bond motifs is 1. The van der Waals surface area contributed by atoms with Crippen LogP contribution in [0.15, 0.2) is 85.1 Å². The number of amides is 1. The average Bonchev–Trinajstić information content (AvgIpc) is 3.29. The molecule has 0 aliphatic heterocycles. The number of aromatic nitrogens is 3. The van der Waals surface area contributed by atoms with Crippen molar-refractivity contribution in [3.8, 4) is 16.9 Å². The number of hydrogen-bond acceptors (Lipinski definition) is 4. The van der Waals surface area contributed by atoms with Crippen molar-refractivity contribution >= 4 is 28.3 Å². The van der Waals surface area contributed by atoms with E-state index >= 15 is 0 Å². The summed E-state index contributed by atoms with van der Waals surface area (Å²) in [5.74, 6) is 0.133. The minimum atomic E-state index is -0.269. The molecule has 0 saturated carbocycles. The molecule has 37 heavy (non-hydrogen) atoms. The molecule has 0 aliphatic rings. The van der Waals surface area contributed by atoms with Gasteiger partial charge in [-0.15, -0.1) is 0 Å². The van der Waals surface area contributed by atoms with Gasteiger partial charge < -0.3 is 5.32 Å². The quantitative estimate of drug-likeness (QED) is 0.262. The summed E-state index contributed by atoms with van der Waals surface area (Å²) in [7, 11) is 0. The van der Waals surface area contributed by atoms with Gasteiger partial charge in [0, 0.05) is 22.2 Å². The number of hydrogen-bond donors (Lipinski definition) is 1. The van der Waals surface area contributed by atoms with Gasteiger partial charge in [0.25, 0.3) is 5.91 Å². The van der Waals surface area contributed by atoms with Crippen LogP contribution in [-0.4, -0.2) is 26.5 Å². The molecule has 0 bridgehead atoms. The number of ketones is 1. The molecular weight excluding hydrogens is 460 g/mol. The number of para-hydroxylation sites is 1. The van der Waals surface area contributed by atoms with Crippen LogP contribution in [0.3, 0.4) is 0 Å². The Bertz CT molecular complexity index is 1630. The predicted molar refractivity (Wildman–Crippen MR) is 148 cm³/mol. The Morgan fingerprint density at radius 3 is 2.41 bits per heavy atom. The molecule has 0 aliphatic carbocycles. The molecule has 5 aromatic rings. The molecule has 3 aromatic carbocycles. The molecule has 184 valence electrons. The number of rotatable bonds is 6. The van der Waals surface area contributed by atoms with E-state index in [9.17, 15) is 9.59 Å². The van der Waals surface area contributed by atoms with Crippen LogP contribution in [0.25, 0.3) is 27.8 Å². The zero-order valence-corrected chi connectivity index (χ0v) is 21.3. The van der Waals surface area contributed by atoms with Gasteiger partial charge >= 0.3 is 0 Å². The van der Waals surface area contributed by atoms with Gasteiger partial charge in [-0.25, -0.2) is 9.67 Å². The molecular formula is C31H28N4O2. The summed E-state index contributed by atoms with van der Waals surface area (Å²) in [6, 6.07) is 24.7. The minimum absolute atomic E-state index is 0.0564. The number of nitrogens with one attached hydrogen (secondary N) is 1. The van der Waals surface area contributed by atoms with Crippen molar-refractivity contribution in [3.05, 3.63) is 107 Å². The highest BCUT2D eigenvalue weighted by atomic mass is 16.1. The molecule has 0 saturated heterocycles. The Labute approximate surface area is 216 Å². The number of carbonyl (C=O) groups is 2. The van der Waals surface area contributed by atoms with Crippen LogP contribution in [-0.2, 0) is 0 Å². The Kier molecular flexibility index (Phi) is 6.40. The van der Waals surface area contributed by atoms with Gasteiger partial charge in [-0.1, -0.05) is 56.3 Å². The minimum Gasteiger partial charge on any atom is -0.322 e. The molecule has 2 aromatic heterocycles. The molecule has 0 spiro atoms. The van der Waals surface area contributed by atoms with Gasteiger partial charge in [-0.3, -0.25) is 9.59 Å². The van der Waals surface area contributed by atoms with E-state index in [1.165, 1.54) is 12.5 Å². The van der Waals surface area contributed by atoms with Gasteiger partial charge in [0.2, 0.25) is 0 Å². The molecule has 0 radical (unpaired) electrons. The summed E-state index contributed by atoms with van der Waals surface area (Å²) in [5, 5.41) is 8.32. The van der Waals surface area contributed by atoms with Crippen LogP contribution in [0.2, 0.25) is 0 Å². The van der Waals surface area contributed by atoms with Crippen molar-refractivity contribution in [3.63, 3.8) is 0 Å². The van der Waals surface area contributed by atoms with Crippen molar-refractivity contribution in [1.29, 1.82) is 0 Å². The second-order valence-corrected chi connectivity index (χ2v) is 9.47. The number of nitrogens with zero attached hydrogens (tertiary/aromatic N) is 3. The van der Waals surface area contributed by atoms with Crippen molar-refractivity contribution in [2.45, 2.75) is 33.6 Å². The first-order valence-corrected chi connectivity index (χ1v) is 12.3. The molecule has 2 heterocycles. The fraction of sp³-hybridized carbons (Fsp3) is 0.161. The van der Waals surface area contributed by atoms with Crippen molar-refractivity contribution in [2.75, 3.05) is 5.32 Å². The molecule has 1 amide bonds. The monoisotopic (exact) mass is 488 g/mol. The van der Waals surface area contributed by atoms with Crippen molar-refractivity contribution in [2.24, 2.45) is 0 Å². The first kappa shape index (κ1) is 24.1. The van der Waals surface area contributed by atoms with E-state index in [2.05, 4.69) is 48.5 Å². The summed E-state index contributed by atoms with van der Waals surface area (Å²) in [6.45, 7) is 7.85. The molecule has 1 N–H and O–H groups in total. The second-order valence-electron chi connectivity index (χ2n) is 9.47. The number of pyridine rings is 1. The maximum atomic E-state index is 13.4. The fourth-order valence-electron chi connectivity index (χ4n) is 4.44. The molecule has 5 rings (SSSR count). The Hall–Kier alpha value is -4.58. The number of Topliss-reactive ketones (excluding diaryl/α,β-unsaturated/α-hetero) is 1. The number of carbonyl (C=O) groups excluding carboxylic acids is 2. The van der Waals surface area contributed by atoms with E-state index in [1.54, 1.807) is 30.5 Å². The van der Waals surface area contributed by atoms with Crippen LogP contribution >= 0.6 is 0 Å². The largest absolute Gasteiger partial charge is 0.322 e. The Balaban J connectivity index is 1.54. The third-order valence-electron chi connectivity index (χ3n) is 6.58. The predicted octanol–water partition coefficient (Wildman–Crippen LogP) is 6.97. The second kappa shape index (κ2) is 9.82. The Morgan fingerprint density at radius 1 is 0.919 bits per heavy atom. The fourth-order valence-corrected chi connectivity index (χ4v) is 4.44. The smallest absolute Gasteiger partial charge is 0.256 e. The van der Waals surface area contributed by atoms with Gasteiger partial charge in [0.15, 0.2) is 5.78 Å². The van der Waals surface area contributed by atoms with E-state index in [1.807, 2.05) is 41.9 Å². The number of anilines is 1. The molecule has 0 unspecified atom stereocenters. The van der Waals surface area contributed by atoms with Gasteiger partial charge in [0.1, 0.15) is 0 Å². The highest BCUT2D eigenvalue weighted by molar-refractivity contribution is 6.13. The summed E-state index contributed by atoms with van der Waals surface area (Å²) >= 11 is 0. The number of benzene rings is 3. The summed E-state index contributed by atoms with van der Waals surface area (Å²) in [4.78, 5) is 30.1. The summed E-state index contributed by atoms with van der Waals surface area (Å²) < 4.78 is 1.89. The van der Waals surface area contributed by atoms with Crippen molar-refractivity contribution < 1.29 is 9.59 Å². The van der Waals surface area contributed by atoms with E-state index in [0.717, 1.165) is 27.8 Å². The van der Waals surface area contributed by atoms with E-state index in [4.69, 9.17) is 4.98 Å². The maximum Gasteiger partial charge on any atom is 0.256 e. The molecule has 6 nitrogen and oxygen atoms in total. The standard InChI is InChI=1S/C31H28N4O2/c1-19(2)22-12-14-25(15-13-22)35-20(3)28(18-32-35)30-17-27(26-10-5-6-11-29(26)34-30)31(37)33-24-9-7-8-23(16-24)21(4)36/h5-19H,1-4H3,(H,33,37). The maximum absolute atomic E-state index is 13.4. The zero-order chi connectivity index (χ0) is 26.1. The summed E-state index contributed by atoms with van der Waals surface area (Å²) in [6.07, 6.45) is 1.79. The average molecular weight is 489 g/mol. The van der Waals surface area contributed by atoms with Crippen LogP contribution in [0, 0.1) is 6.92 Å². The topological polar surface area (TPSA) is 76.9 Å². The van der Waals surface area contributed by atoms with E-state index in [0.29, 0.717) is 28.4 Å². The molecule has 0 atom stereocenters. The SMILES string of the molecule is CC(=O)c1cccc(NC(=O)c2cc(-c3cnn(-c4ccc(C(C)C)cc4)c3C)nc3ccccc23)c1. The van der Waals surface area contributed by atoms with Gasteiger partial charge in [0.05, 0.1) is 34.4 Å². The first-order valence-electron chi connectivity index (χ1n) is 12.3. The van der Waals surface area contributed by atoms with Crippen LogP contribution in [0.5, 0.6) is 0 Å². The van der Waals surface area contributed by atoms with Crippen LogP contribution in [0.1, 0.15) is 58.7 Å². The molecule has 6 heteroatoms. The van der Waals surface area contributed by atoms with Crippen LogP contribution < -0.4 is 5.32 Å². The molecule has 0 fully saturated rings. The Morgan fingerprint density at radius 2 is 1.68 bits per heavy atom. The lowest BCUT2D eigenvalue weighted by atomic mass is 10.0. The normalized spacial score (nSPS) is 11.2.